The summed E-state index contributed by atoms with van der Waals surface area (Å²) in [5.41, 5.74) is 1.12. The molecular weight excluding hydrogens is 198 g/mol. The van der Waals surface area contributed by atoms with Gasteiger partial charge in [-0.05, 0) is 11.5 Å². The minimum atomic E-state index is -0.0128. The van der Waals surface area contributed by atoms with Crippen LogP contribution in [0.3, 0.4) is 0 Å². The van der Waals surface area contributed by atoms with Crippen LogP contribution in [-0.2, 0) is 4.79 Å². The lowest BCUT2D eigenvalue weighted by Crippen LogP contribution is -2.31. The van der Waals surface area contributed by atoms with Gasteiger partial charge in [-0.15, -0.1) is 0 Å². The Hall–Kier alpha value is -1.31. The zero-order valence-electron chi connectivity index (χ0n) is 10.6. The lowest BCUT2D eigenvalue weighted by atomic mass is 9.84. The Morgan fingerprint density at radius 3 is 2.25 bits per heavy atom. The highest BCUT2D eigenvalue weighted by atomic mass is 16.2. The van der Waals surface area contributed by atoms with Gasteiger partial charge in [0.15, 0.2) is 0 Å². The number of carbonyl (C=O) groups is 1. The van der Waals surface area contributed by atoms with E-state index in [1.54, 1.807) is 4.90 Å². The summed E-state index contributed by atoms with van der Waals surface area (Å²) in [7, 11) is 3.64. The van der Waals surface area contributed by atoms with Crippen LogP contribution in [0.2, 0.25) is 0 Å². The fourth-order valence-corrected chi connectivity index (χ4v) is 1.89. The second-order valence-corrected chi connectivity index (χ2v) is 4.51. The van der Waals surface area contributed by atoms with Gasteiger partial charge >= 0.3 is 0 Å². The summed E-state index contributed by atoms with van der Waals surface area (Å²) in [6.45, 7) is 4.27. The van der Waals surface area contributed by atoms with Crippen molar-refractivity contribution in [1.29, 1.82) is 0 Å². The Kier molecular flexibility index (Phi) is 4.53. The van der Waals surface area contributed by atoms with Crippen LogP contribution in [0.1, 0.15) is 31.7 Å². The summed E-state index contributed by atoms with van der Waals surface area (Å²) in [5.74, 6) is 0.555. The summed E-state index contributed by atoms with van der Waals surface area (Å²) in [5, 5.41) is 0. The van der Waals surface area contributed by atoms with Crippen molar-refractivity contribution in [2.45, 2.75) is 26.2 Å². The standard InChI is InChI=1S/C14H21NO/c1-5-11(2)13(14(16)15(3)4)12-9-7-6-8-10-12/h6-11,13H,5H2,1-4H3/t11-,13-/m0/s1. The monoisotopic (exact) mass is 219 g/mol. The molecule has 2 atom stereocenters. The first kappa shape index (κ1) is 12.8. The predicted octanol–water partition coefficient (Wildman–Crippen LogP) is 2.90. The van der Waals surface area contributed by atoms with Crippen molar-refractivity contribution in [3.63, 3.8) is 0 Å². The molecule has 2 nitrogen and oxygen atoms in total. The van der Waals surface area contributed by atoms with Gasteiger partial charge < -0.3 is 4.90 Å². The van der Waals surface area contributed by atoms with E-state index in [2.05, 4.69) is 13.8 Å². The van der Waals surface area contributed by atoms with Gasteiger partial charge in [0.2, 0.25) is 5.91 Å². The number of nitrogens with zero attached hydrogens (tertiary/aromatic N) is 1. The number of carbonyl (C=O) groups excluding carboxylic acids is 1. The largest absolute Gasteiger partial charge is 0.348 e. The van der Waals surface area contributed by atoms with E-state index in [1.807, 2.05) is 44.4 Å². The average molecular weight is 219 g/mol. The van der Waals surface area contributed by atoms with Crippen LogP contribution in [0.5, 0.6) is 0 Å². The number of hydrogen-bond donors (Lipinski definition) is 0. The Morgan fingerprint density at radius 1 is 1.25 bits per heavy atom. The molecule has 1 aromatic carbocycles. The van der Waals surface area contributed by atoms with E-state index in [9.17, 15) is 4.79 Å². The first-order valence-corrected chi connectivity index (χ1v) is 5.84. The molecule has 16 heavy (non-hydrogen) atoms. The summed E-state index contributed by atoms with van der Waals surface area (Å²) >= 11 is 0. The fraction of sp³-hybridized carbons (Fsp3) is 0.500. The van der Waals surface area contributed by atoms with Crippen LogP contribution in [0.4, 0.5) is 0 Å². The van der Waals surface area contributed by atoms with Gasteiger partial charge in [-0.2, -0.15) is 0 Å². The van der Waals surface area contributed by atoms with Crippen molar-refractivity contribution in [2.75, 3.05) is 14.1 Å². The summed E-state index contributed by atoms with van der Waals surface area (Å²) in [4.78, 5) is 13.9. The number of rotatable bonds is 4. The minimum Gasteiger partial charge on any atom is -0.348 e. The maximum absolute atomic E-state index is 12.2. The molecule has 0 radical (unpaired) electrons. The normalized spacial score (nSPS) is 14.2. The summed E-state index contributed by atoms with van der Waals surface area (Å²) in [6, 6.07) is 10.1. The Bertz CT molecular complexity index is 332. The molecule has 2 heteroatoms. The van der Waals surface area contributed by atoms with Crippen LogP contribution < -0.4 is 0 Å². The lowest BCUT2D eigenvalue weighted by Gasteiger charge is -2.25. The van der Waals surface area contributed by atoms with Gasteiger partial charge in [-0.1, -0.05) is 50.6 Å². The maximum atomic E-state index is 12.2. The van der Waals surface area contributed by atoms with Crippen molar-refractivity contribution in [3.05, 3.63) is 35.9 Å². The van der Waals surface area contributed by atoms with Crippen molar-refractivity contribution in [3.8, 4) is 0 Å². The molecule has 0 N–H and O–H groups in total. The lowest BCUT2D eigenvalue weighted by molar-refractivity contribution is -0.131. The van der Waals surface area contributed by atoms with Crippen LogP contribution >= 0.6 is 0 Å². The molecule has 0 aliphatic heterocycles. The topological polar surface area (TPSA) is 20.3 Å². The van der Waals surface area contributed by atoms with Crippen LogP contribution in [0, 0.1) is 5.92 Å². The van der Waals surface area contributed by atoms with Gasteiger partial charge in [-0.3, -0.25) is 4.79 Å². The number of benzene rings is 1. The molecule has 1 rings (SSSR count). The molecule has 0 aliphatic carbocycles. The van der Waals surface area contributed by atoms with Gasteiger partial charge in [0.05, 0.1) is 5.92 Å². The Balaban J connectivity index is 3.01. The number of amides is 1. The van der Waals surface area contributed by atoms with Crippen LogP contribution in [0.15, 0.2) is 30.3 Å². The molecule has 1 aromatic rings. The minimum absolute atomic E-state index is 0.0128. The molecule has 0 aromatic heterocycles. The highest BCUT2D eigenvalue weighted by molar-refractivity contribution is 5.83. The first-order valence-electron chi connectivity index (χ1n) is 5.84. The SMILES string of the molecule is CC[C@H](C)[C@H](C(=O)N(C)C)c1ccccc1. The molecule has 88 valence electrons. The number of likely N-dealkylation sites (N-methyl/N-ethyl adjacent to an activating group) is 1. The molecule has 0 saturated carbocycles. The molecular formula is C14H21NO. The van der Waals surface area contributed by atoms with Crippen molar-refractivity contribution in [1.82, 2.24) is 4.90 Å². The highest BCUT2D eigenvalue weighted by Crippen LogP contribution is 2.28. The van der Waals surface area contributed by atoms with Gasteiger partial charge in [-0.25, -0.2) is 0 Å². The second kappa shape index (κ2) is 5.69. The first-order chi connectivity index (χ1) is 7.57. The molecule has 0 aliphatic rings. The van der Waals surface area contributed by atoms with E-state index in [-0.39, 0.29) is 11.8 Å². The van der Waals surface area contributed by atoms with E-state index in [1.165, 1.54) is 0 Å². The summed E-state index contributed by atoms with van der Waals surface area (Å²) < 4.78 is 0. The Morgan fingerprint density at radius 2 is 1.81 bits per heavy atom. The van der Waals surface area contributed by atoms with Crippen LogP contribution in [-0.4, -0.2) is 24.9 Å². The average Bonchev–Trinajstić information content (AvgIpc) is 2.30. The molecule has 0 unspecified atom stereocenters. The van der Waals surface area contributed by atoms with Gasteiger partial charge in [0.25, 0.3) is 0 Å². The van der Waals surface area contributed by atoms with Gasteiger partial charge in [0.1, 0.15) is 0 Å². The smallest absolute Gasteiger partial charge is 0.229 e. The van der Waals surface area contributed by atoms with E-state index in [0.717, 1.165) is 12.0 Å². The van der Waals surface area contributed by atoms with Crippen molar-refractivity contribution >= 4 is 5.91 Å². The highest BCUT2D eigenvalue weighted by Gasteiger charge is 2.26. The zero-order valence-corrected chi connectivity index (χ0v) is 10.6. The molecule has 1 amide bonds. The number of hydrogen-bond acceptors (Lipinski definition) is 1. The van der Waals surface area contributed by atoms with Crippen LogP contribution in [0.25, 0.3) is 0 Å². The molecule has 0 saturated heterocycles. The van der Waals surface area contributed by atoms with Crippen molar-refractivity contribution < 1.29 is 4.79 Å². The van der Waals surface area contributed by atoms with Crippen molar-refractivity contribution in [2.24, 2.45) is 5.92 Å². The van der Waals surface area contributed by atoms with E-state index in [0.29, 0.717) is 5.92 Å². The molecule has 0 spiro atoms. The molecule has 0 fully saturated rings. The van der Waals surface area contributed by atoms with E-state index in [4.69, 9.17) is 0 Å². The zero-order chi connectivity index (χ0) is 12.1. The second-order valence-electron chi connectivity index (χ2n) is 4.51. The maximum Gasteiger partial charge on any atom is 0.229 e. The quantitative estimate of drug-likeness (QED) is 0.762. The summed E-state index contributed by atoms with van der Waals surface area (Å²) in [6.07, 6.45) is 1.01. The third kappa shape index (κ3) is 2.84. The molecule has 0 heterocycles. The van der Waals surface area contributed by atoms with E-state index >= 15 is 0 Å². The van der Waals surface area contributed by atoms with E-state index < -0.39 is 0 Å². The molecule has 0 bridgehead atoms. The third-order valence-corrected chi connectivity index (χ3v) is 3.08. The van der Waals surface area contributed by atoms with Gasteiger partial charge in [0, 0.05) is 14.1 Å². The Labute approximate surface area is 98.3 Å². The third-order valence-electron chi connectivity index (χ3n) is 3.08. The fourth-order valence-electron chi connectivity index (χ4n) is 1.89. The predicted molar refractivity (Wildman–Crippen MR) is 67.3 cm³/mol.